The fourth-order valence-electron chi connectivity index (χ4n) is 3.41. The summed E-state index contributed by atoms with van der Waals surface area (Å²) in [6.07, 6.45) is -0.170. The van der Waals surface area contributed by atoms with E-state index >= 15 is 0 Å². The molecule has 0 spiro atoms. The topological polar surface area (TPSA) is 66.8 Å². The van der Waals surface area contributed by atoms with Gasteiger partial charge in [-0.05, 0) is 31.0 Å². The molecule has 2 aromatic rings. The molecule has 5 nitrogen and oxygen atoms in total. The molecule has 28 heavy (non-hydrogen) atoms. The third-order valence-electron chi connectivity index (χ3n) is 4.94. The lowest BCUT2D eigenvalue weighted by Crippen LogP contribution is -2.42. The molecule has 2 aromatic carbocycles. The molecule has 1 fully saturated rings. The fraction of sp³-hybridized carbons (Fsp3) is 0.429. The summed E-state index contributed by atoms with van der Waals surface area (Å²) in [4.78, 5) is 2.05. The number of rotatable bonds is 8. The van der Waals surface area contributed by atoms with Gasteiger partial charge in [-0.15, -0.1) is 0 Å². The van der Waals surface area contributed by atoms with Crippen LogP contribution in [-0.2, 0) is 16.4 Å². The summed E-state index contributed by atoms with van der Waals surface area (Å²) in [5.74, 6) is 0.863. The zero-order chi connectivity index (χ0) is 20.1. The van der Waals surface area contributed by atoms with E-state index in [0.29, 0.717) is 30.3 Å². The van der Waals surface area contributed by atoms with E-state index in [1.165, 1.54) is 5.56 Å². The highest BCUT2D eigenvalue weighted by atomic mass is 35.5. The van der Waals surface area contributed by atoms with Crippen LogP contribution in [0.15, 0.2) is 48.5 Å². The number of sulfone groups is 1. The highest BCUT2D eigenvalue weighted by Crippen LogP contribution is 2.24. The molecular formula is C21H26ClNO4S. The van der Waals surface area contributed by atoms with Crippen LogP contribution in [0.3, 0.4) is 0 Å². The molecule has 1 aliphatic rings. The molecule has 1 aliphatic heterocycles. The van der Waals surface area contributed by atoms with Crippen molar-refractivity contribution in [2.24, 2.45) is 0 Å². The summed E-state index contributed by atoms with van der Waals surface area (Å²) in [5, 5.41) is 11.0. The molecule has 1 N–H and O–H groups in total. The second-order valence-electron chi connectivity index (χ2n) is 7.37. The minimum atomic E-state index is -3.01. The molecule has 2 atom stereocenters. The molecule has 0 radical (unpaired) electrons. The van der Waals surface area contributed by atoms with Gasteiger partial charge in [0.15, 0.2) is 9.84 Å². The number of nitrogens with zero attached hydrogens (tertiary/aromatic N) is 1. The van der Waals surface area contributed by atoms with Gasteiger partial charge in [0.05, 0.1) is 16.5 Å². The van der Waals surface area contributed by atoms with Gasteiger partial charge in [-0.2, -0.15) is 0 Å². The van der Waals surface area contributed by atoms with Crippen LogP contribution >= 0.6 is 11.6 Å². The smallest absolute Gasteiger partial charge is 0.151 e. The maximum Gasteiger partial charge on any atom is 0.151 e. The molecule has 0 aromatic heterocycles. The van der Waals surface area contributed by atoms with Crippen LogP contribution in [0, 0.1) is 6.92 Å². The van der Waals surface area contributed by atoms with Gasteiger partial charge >= 0.3 is 0 Å². The standard InChI is InChI=1S/C21H26ClNO4S/c1-16-6-8-17(9-7-16)12-23(18-10-11-28(25,26)15-18)13-19(24)14-27-21-5-3-2-4-20(21)22/h2-9,18-19,24H,10-15H2,1H3. The van der Waals surface area contributed by atoms with E-state index in [0.717, 1.165) is 5.56 Å². The fourth-order valence-corrected chi connectivity index (χ4v) is 5.36. The van der Waals surface area contributed by atoms with Crippen molar-refractivity contribution in [1.82, 2.24) is 4.90 Å². The number of hydrogen-bond acceptors (Lipinski definition) is 5. The quantitative estimate of drug-likeness (QED) is 0.706. The first kappa shape index (κ1) is 21.1. The van der Waals surface area contributed by atoms with Crippen LogP contribution in [0.1, 0.15) is 17.5 Å². The highest BCUT2D eigenvalue weighted by Gasteiger charge is 2.33. The van der Waals surface area contributed by atoms with Crippen molar-refractivity contribution >= 4 is 21.4 Å². The van der Waals surface area contributed by atoms with Crippen molar-refractivity contribution in [3.05, 3.63) is 64.7 Å². The maximum atomic E-state index is 11.9. The van der Waals surface area contributed by atoms with Crippen LogP contribution in [0.2, 0.25) is 5.02 Å². The first-order valence-electron chi connectivity index (χ1n) is 9.38. The van der Waals surface area contributed by atoms with Crippen molar-refractivity contribution in [3.8, 4) is 5.75 Å². The molecule has 0 aliphatic carbocycles. The average molecular weight is 424 g/mol. The number of aryl methyl sites for hydroxylation is 1. The van der Waals surface area contributed by atoms with E-state index in [1.54, 1.807) is 12.1 Å². The minimum Gasteiger partial charge on any atom is -0.489 e. The number of para-hydroxylation sites is 1. The molecule has 7 heteroatoms. The Bertz CT molecular complexity index is 886. The number of benzene rings is 2. The van der Waals surface area contributed by atoms with Crippen LogP contribution in [0.25, 0.3) is 0 Å². The number of aliphatic hydroxyl groups excluding tert-OH is 1. The van der Waals surface area contributed by atoms with Crippen molar-refractivity contribution in [2.45, 2.75) is 32.0 Å². The summed E-state index contributed by atoms with van der Waals surface area (Å²) in [6, 6.07) is 15.2. The normalized spacial score (nSPS) is 19.6. The minimum absolute atomic E-state index is 0.0909. The number of halogens is 1. The third-order valence-corrected chi connectivity index (χ3v) is 7.01. The number of hydrogen-bond donors (Lipinski definition) is 1. The Morgan fingerprint density at radius 1 is 1.21 bits per heavy atom. The van der Waals surface area contributed by atoms with Gasteiger partial charge in [-0.3, -0.25) is 4.90 Å². The van der Waals surface area contributed by atoms with Crippen LogP contribution in [0.5, 0.6) is 5.75 Å². The molecule has 0 bridgehead atoms. The van der Waals surface area contributed by atoms with Gasteiger partial charge in [0, 0.05) is 19.1 Å². The van der Waals surface area contributed by atoms with Gasteiger partial charge < -0.3 is 9.84 Å². The molecule has 152 valence electrons. The van der Waals surface area contributed by atoms with E-state index in [2.05, 4.69) is 4.90 Å². The molecule has 0 saturated carbocycles. The lowest BCUT2D eigenvalue weighted by atomic mass is 10.1. The third kappa shape index (κ3) is 5.95. The Morgan fingerprint density at radius 2 is 1.93 bits per heavy atom. The summed E-state index contributed by atoms with van der Waals surface area (Å²) < 4.78 is 29.5. The summed E-state index contributed by atoms with van der Waals surface area (Å²) in [5.41, 5.74) is 2.26. The predicted molar refractivity (Wildman–Crippen MR) is 112 cm³/mol. The van der Waals surface area contributed by atoms with E-state index in [9.17, 15) is 13.5 Å². The Hall–Kier alpha value is -1.60. The van der Waals surface area contributed by atoms with Gasteiger partial charge in [-0.1, -0.05) is 53.6 Å². The summed E-state index contributed by atoms with van der Waals surface area (Å²) in [6.45, 7) is 3.04. The Kier molecular flexibility index (Phi) is 6.99. The van der Waals surface area contributed by atoms with Gasteiger partial charge in [0.1, 0.15) is 18.5 Å². The van der Waals surface area contributed by atoms with E-state index in [4.69, 9.17) is 16.3 Å². The van der Waals surface area contributed by atoms with Crippen LogP contribution < -0.4 is 4.74 Å². The molecule has 1 heterocycles. The van der Waals surface area contributed by atoms with E-state index in [-0.39, 0.29) is 24.2 Å². The van der Waals surface area contributed by atoms with E-state index in [1.807, 2.05) is 43.3 Å². The molecule has 2 unspecified atom stereocenters. The van der Waals surface area contributed by atoms with E-state index < -0.39 is 15.9 Å². The second kappa shape index (κ2) is 9.27. The van der Waals surface area contributed by atoms with Crippen molar-refractivity contribution in [1.29, 1.82) is 0 Å². The molecule has 3 rings (SSSR count). The predicted octanol–water partition coefficient (Wildman–Crippen LogP) is 3.08. The Morgan fingerprint density at radius 3 is 2.57 bits per heavy atom. The lowest BCUT2D eigenvalue weighted by Gasteiger charge is -2.30. The van der Waals surface area contributed by atoms with Crippen molar-refractivity contribution in [2.75, 3.05) is 24.7 Å². The Balaban J connectivity index is 1.65. The maximum absolute atomic E-state index is 11.9. The van der Waals surface area contributed by atoms with Crippen molar-refractivity contribution in [3.63, 3.8) is 0 Å². The zero-order valence-electron chi connectivity index (χ0n) is 15.9. The summed E-state index contributed by atoms with van der Waals surface area (Å²) in [7, 11) is -3.01. The van der Waals surface area contributed by atoms with Crippen LogP contribution in [-0.4, -0.2) is 55.2 Å². The van der Waals surface area contributed by atoms with Gasteiger partial charge in [0.2, 0.25) is 0 Å². The monoisotopic (exact) mass is 423 g/mol. The molecular weight excluding hydrogens is 398 g/mol. The van der Waals surface area contributed by atoms with Crippen LogP contribution in [0.4, 0.5) is 0 Å². The number of aliphatic hydroxyl groups is 1. The van der Waals surface area contributed by atoms with Gasteiger partial charge in [0.25, 0.3) is 0 Å². The Labute approximate surface area is 171 Å². The largest absolute Gasteiger partial charge is 0.489 e. The average Bonchev–Trinajstić information content (AvgIpc) is 3.02. The van der Waals surface area contributed by atoms with Crippen molar-refractivity contribution < 1.29 is 18.3 Å². The number of ether oxygens (including phenoxy) is 1. The SMILES string of the molecule is Cc1ccc(CN(CC(O)COc2ccccc2Cl)C2CCS(=O)(=O)C2)cc1. The first-order valence-corrected chi connectivity index (χ1v) is 11.6. The lowest BCUT2D eigenvalue weighted by molar-refractivity contribution is 0.0525. The first-order chi connectivity index (χ1) is 13.3. The second-order valence-corrected chi connectivity index (χ2v) is 10.0. The van der Waals surface area contributed by atoms with Gasteiger partial charge in [-0.25, -0.2) is 8.42 Å². The summed E-state index contributed by atoms with van der Waals surface area (Å²) >= 11 is 6.08. The highest BCUT2D eigenvalue weighted by molar-refractivity contribution is 7.91. The zero-order valence-corrected chi connectivity index (χ0v) is 17.5. The molecule has 0 amide bonds. The molecule has 1 saturated heterocycles.